The summed E-state index contributed by atoms with van der Waals surface area (Å²) in [6.07, 6.45) is 2.48. The number of ketones is 1. The maximum Gasteiger partial charge on any atom is 0.166 e. The largest absolute Gasteiger partial charge is 0.497 e. The fourth-order valence-corrected chi connectivity index (χ4v) is 3.11. The molecular formula is C16H20O4. The van der Waals surface area contributed by atoms with E-state index in [1.54, 1.807) is 7.11 Å². The molecule has 2 aliphatic rings. The molecule has 0 amide bonds. The van der Waals surface area contributed by atoms with E-state index in [0.717, 1.165) is 37.2 Å². The third-order valence-electron chi connectivity index (χ3n) is 4.31. The van der Waals surface area contributed by atoms with E-state index in [1.807, 2.05) is 24.3 Å². The summed E-state index contributed by atoms with van der Waals surface area (Å²) in [4.78, 5) is 12.6. The predicted molar refractivity (Wildman–Crippen MR) is 74.2 cm³/mol. The van der Waals surface area contributed by atoms with E-state index in [1.165, 1.54) is 0 Å². The van der Waals surface area contributed by atoms with Gasteiger partial charge in [0, 0.05) is 31.1 Å². The van der Waals surface area contributed by atoms with Crippen molar-refractivity contribution in [2.24, 2.45) is 5.92 Å². The van der Waals surface area contributed by atoms with Crippen LogP contribution < -0.4 is 4.74 Å². The molecule has 2 unspecified atom stereocenters. The first-order chi connectivity index (χ1) is 9.72. The van der Waals surface area contributed by atoms with Crippen molar-refractivity contribution in [2.45, 2.75) is 24.9 Å². The standard InChI is InChI=1S/C16H20O4/c1-18-14-4-2-12(3-5-14)15(17)13-6-8-20-16(10-13)7-9-19-11-16/h2-5,13H,6-11H2,1H3. The van der Waals surface area contributed by atoms with Crippen molar-refractivity contribution in [3.05, 3.63) is 29.8 Å². The van der Waals surface area contributed by atoms with Crippen LogP contribution in [0.3, 0.4) is 0 Å². The van der Waals surface area contributed by atoms with Crippen LogP contribution in [0.4, 0.5) is 0 Å². The van der Waals surface area contributed by atoms with E-state index in [9.17, 15) is 4.79 Å². The first-order valence-electron chi connectivity index (χ1n) is 7.12. The molecule has 108 valence electrons. The highest BCUT2D eigenvalue weighted by atomic mass is 16.6. The highest BCUT2D eigenvalue weighted by molar-refractivity contribution is 5.98. The molecule has 0 aromatic heterocycles. The molecule has 4 nitrogen and oxygen atoms in total. The summed E-state index contributed by atoms with van der Waals surface area (Å²) in [6.45, 7) is 2.01. The Morgan fingerprint density at radius 1 is 1.30 bits per heavy atom. The molecule has 2 saturated heterocycles. The number of methoxy groups -OCH3 is 1. The normalized spacial score (nSPS) is 29.6. The van der Waals surface area contributed by atoms with Crippen LogP contribution >= 0.6 is 0 Å². The van der Waals surface area contributed by atoms with Gasteiger partial charge in [-0.05, 0) is 37.1 Å². The Hall–Kier alpha value is -1.39. The SMILES string of the molecule is COc1ccc(C(=O)C2CCOC3(CCOC3)C2)cc1. The van der Waals surface area contributed by atoms with Crippen molar-refractivity contribution in [2.75, 3.05) is 26.9 Å². The second-order valence-corrected chi connectivity index (χ2v) is 5.62. The Bertz CT molecular complexity index is 474. The Kier molecular flexibility index (Phi) is 3.76. The Morgan fingerprint density at radius 2 is 2.10 bits per heavy atom. The molecule has 4 heteroatoms. The minimum atomic E-state index is -0.217. The number of benzene rings is 1. The van der Waals surface area contributed by atoms with E-state index in [-0.39, 0.29) is 17.3 Å². The van der Waals surface area contributed by atoms with E-state index in [2.05, 4.69) is 0 Å². The quantitative estimate of drug-likeness (QED) is 0.796. The molecule has 0 saturated carbocycles. The van der Waals surface area contributed by atoms with Gasteiger partial charge in [-0.25, -0.2) is 0 Å². The van der Waals surface area contributed by atoms with Crippen molar-refractivity contribution < 1.29 is 19.0 Å². The van der Waals surface area contributed by atoms with Crippen LogP contribution in [0.5, 0.6) is 5.75 Å². The number of carbonyl (C=O) groups excluding carboxylic acids is 1. The predicted octanol–water partition coefficient (Wildman–Crippen LogP) is 2.46. The van der Waals surface area contributed by atoms with E-state index in [0.29, 0.717) is 13.2 Å². The number of carbonyl (C=O) groups is 1. The zero-order valence-corrected chi connectivity index (χ0v) is 11.8. The van der Waals surface area contributed by atoms with Gasteiger partial charge >= 0.3 is 0 Å². The minimum absolute atomic E-state index is 0.0406. The lowest BCUT2D eigenvalue weighted by atomic mass is 9.81. The first-order valence-corrected chi connectivity index (χ1v) is 7.12. The van der Waals surface area contributed by atoms with Crippen LogP contribution in [0.25, 0.3) is 0 Å². The van der Waals surface area contributed by atoms with Gasteiger partial charge in [0.05, 0.1) is 19.3 Å². The molecule has 2 atom stereocenters. The second-order valence-electron chi connectivity index (χ2n) is 5.62. The minimum Gasteiger partial charge on any atom is -0.497 e. The summed E-state index contributed by atoms with van der Waals surface area (Å²) >= 11 is 0. The number of hydrogen-bond donors (Lipinski definition) is 0. The molecule has 1 aromatic carbocycles. The van der Waals surface area contributed by atoms with Gasteiger partial charge < -0.3 is 14.2 Å². The van der Waals surface area contributed by atoms with E-state index >= 15 is 0 Å². The molecule has 20 heavy (non-hydrogen) atoms. The summed E-state index contributed by atoms with van der Waals surface area (Å²) in [5.74, 6) is 1.02. The van der Waals surface area contributed by atoms with Crippen molar-refractivity contribution >= 4 is 5.78 Å². The molecule has 1 aromatic rings. The van der Waals surface area contributed by atoms with Gasteiger partial charge in [-0.15, -0.1) is 0 Å². The molecule has 2 fully saturated rings. The van der Waals surface area contributed by atoms with Gasteiger partial charge in [-0.1, -0.05) is 0 Å². The Balaban J connectivity index is 1.72. The summed E-state index contributed by atoms with van der Waals surface area (Å²) in [5, 5.41) is 0. The van der Waals surface area contributed by atoms with Gasteiger partial charge in [-0.3, -0.25) is 4.79 Å². The highest BCUT2D eigenvalue weighted by Crippen LogP contribution is 2.37. The van der Waals surface area contributed by atoms with Gasteiger partial charge in [0.1, 0.15) is 5.75 Å². The molecule has 2 heterocycles. The molecule has 1 spiro atoms. The molecular weight excluding hydrogens is 256 g/mol. The smallest absolute Gasteiger partial charge is 0.166 e. The van der Waals surface area contributed by atoms with Crippen LogP contribution in [0.15, 0.2) is 24.3 Å². The van der Waals surface area contributed by atoms with Crippen LogP contribution in [0, 0.1) is 5.92 Å². The Labute approximate surface area is 119 Å². The van der Waals surface area contributed by atoms with Gasteiger partial charge in [-0.2, -0.15) is 0 Å². The highest BCUT2D eigenvalue weighted by Gasteiger charge is 2.42. The van der Waals surface area contributed by atoms with Crippen molar-refractivity contribution in [3.63, 3.8) is 0 Å². The molecule has 0 bridgehead atoms. The fourth-order valence-electron chi connectivity index (χ4n) is 3.11. The average Bonchev–Trinajstić information content (AvgIpc) is 2.94. The fraction of sp³-hybridized carbons (Fsp3) is 0.562. The number of hydrogen-bond acceptors (Lipinski definition) is 4. The second kappa shape index (κ2) is 5.54. The van der Waals surface area contributed by atoms with Crippen LogP contribution in [-0.4, -0.2) is 38.3 Å². The zero-order chi connectivity index (χ0) is 14.0. The lowest BCUT2D eigenvalue weighted by Crippen LogP contribution is -2.42. The van der Waals surface area contributed by atoms with Crippen LogP contribution in [0.1, 0.15) is 29.6 Å². The van der Waals surface area contributed by atoms with Gasteiger partial charge in [0.15, 0.2) is 5.78 Å². The maximum atomic E-state index is 12.6. The summed E-state index contributed by atoms with van der Waals surface area (Å²) < 4.78 is 16.5. The van der Waals surface area contributed by atoms with Crippen molar-refractivity contribution in [3.8, 4) is 5.75 Å². The average molecular weight is 276 g/mol. The summed E-state index contributed by atoms with van der Waals surface area (Å²) in [7, 11) is 1.62. The molecule has 3 rings (SSSR count). The van der Waals surface area contributed by atoms with Gasteiger partial charge in [0.25, 0.3) is 0 Å². The lowest BCUT2D eigenvalue weighted by molar-refractivity contribution is -0.0920. The molecule has 0 N–H and O–H groups in total. The zero-order valence-electron chi connectivity index (χ0n) is 11.8. The number of ether oxygens (including phenoxy) is 3. The Morgan fingerprint density at radius 3 is 2.75 bits per heavy atom. The van der Waals surface area contributed by atoms with Crippen LogP contribution in [-0.2, 0) is 9.47 Å². The van der Waals surface area contributed by atoms with E-state index < -0.39 is 0 Å². The number of Topliss-reactive ketones (excluding diaryl/α,β-unsaturated/α-hetero) is 1. The molecule has 2 aliphatic heterocycles. The van der Waals surface area contributed by atoms with Gasteiger partial charge in [0.2, 0.25) is 0 Å². The molecule has 0 radical (unpaired) electrons. The third-order valence-corrected chi connectivity index (χ3v) is 4.31. The number of rotatable bonds is 3. The topological polar surface area (TPSA) is 44.8 Å². The monoisotopic (exact) mass is 276 g/mol. The summed E-state index contributed by atoms with van der Waals surface area (Å²) in [6, 6.07) is 7.35. The van der Waals surface area contributed by atoms with Crippen LogP contribution in [0.2, 0.25) is 0 Å². The van der Waals surface area contributed by atoms with Crippen molar-refractivity contribution in [1.82, 2.24) is 0 Å². The maximum absolute atomic E-state index is 12.6. The lowest BCUT2D eigenvalue weighted by Gasteiger charge is -2.36. The van der Waals surface area contributed by atoms with E-state index in [4.69, 9.17) is 14.2 Å². The third kappa shape index (κ3) is 2.58. The summed E-state index contributed by atoms with van der Waals surface area (Å²) in [5.41, 5.74) is 0.539. The van der Waals surface area contributed by atoms with Crippen molar-refractivity contribution in [1.29, 1.82) is 0 Å². The molecule has 0 aliphatic carbocycles. The first kappa shape index (κ1) is 13.6.